The molecule has 1 atom stereocenters. The highest BCUT2D eigenvalue weighted by atomic mass is 16.5. The first kappa shape index (κ1) is 25.1. The van der Waals surface area contributed by atoms with Gasteiger partial charge in [-0.15, -0.1) is 0 Å². The van der Waals surface area contributed by atoms with Gasteiger partial charge in [-0.1, -0.05) is 6.07 Å². The monoisotopic (exact) mass is 484 g/mol. The number of primary amides is 1. The van der Waals surface area contributed by atoms with Crippen LogP contribution in [0.25, 0.3) is 6.08 Å². The maximum atomic E-state index is 12.7. The van der Waals surface area contributed by atoms with Crippen LogP contribution in [-0.2, 0) is 14.4 Å². The first-order valence-electron chi connectivity index (χ1n) is 10.5. The van der Waals surface area contributed by atoms with Crippen LogP contribution in [0.2, 0.25) is 0 Å². The van der Waals surface area contributed by atoms with Gasteiger partial charge in [0.2, 0.25) is 11.7 Å². The number of nitrogens with one attached hydrogen (secondary N) is 1. The van der Waals surface area contributed by atoms with E-state index in [0.29, 0.717) is 22.6 Å². The molecule has 2 aromatic carbocycles. The number of ether oxygens (including phenoxy) is 4. The summed E-state index contributed by atoms with van der Waals surface area (Å²) in [5.74, 6) is -1.35. The number of amides is 2. The molecule has 3 rings (SSSR count). The molecular formula is C24H24N2O9. The molecule has 0 saturated carbocycles. The van der Waals surface area contributed by atoms with Crippen LogP contribution in [0.1, 0.15) is 28.8 Å². The van der Waals surface area contributed by atoms with Gasteiger partial charge >= 0.3 is 5.97 Å². The minimum Gasteiger partial charge on any atom is -0.493 e. The Balaban J connectivity index is 1.65. The van der Waals surface area contributed by atoms with Gasteiger partial charge in [-0.3, -0.25) is 14.4 Å². The number of nitrogens with two attached hydrogens (primary N) is 1. The second kappa shape index (κ2) is 11.1. The smallest absolute Gasteiger partial charge is 0.326 e. The van der Waals surface area contributed by atoms with Crippen LogP contribution in [-0.4, -0.2) is 55.5 Å². The molecule has 0 unspecified atom stereocenters. The molecule has 11 nitrogen and oxygen atoms in total. The second-order valence-corrected chi connectivity index (χ2v) is 7.46. The van der Waals surface area contributed by atoms with Crippen molar-refractivity contribution < 1.29 is 43.2 Å². The number of rotatable bonds is 11. The van der Waals surface area contributed by atoms with Crippen molar-refractivity contribution in [2.24, 2.45) is 5.73 Å². The van der Waals surface area contributed by atoms with Crippen LogP contribution in [0.5, 0.6) is 23.0 Å². The Morgan fingerprint density at radius 2 is 1.86 bits per heavy atom. The number of hydrogen-bond acceptors (Lipinski definition) is 8. The normalized spacial score (nSPS) is 14.0. The average Bonchev–Trinajstić information content (AvgIpc) is 3.14. The van der Waals surface area contributed by atoms with Gasteiger partial charge in [0.25, 0.3) is 5.91 Å². The van der Waals surface area contributed by atoms with Gasteiger partial charge in [0.15, 0.2) is 23.9 Å². The quantitative estimate of drug-likeness (QED) is 0.401. The van der Waals surface area contributed by atoms with Gasteiger partial charge in [-0.2, -0.15) is 0 Å². The second-order valence-electron chi connectivity index (χ2n) is 7.46. The number of ketones is 1. The summed E-state index contributed by atoms with van der Waals surface area (Å²) in [6.07, 6.45) is 1.24. The molecule has 11 heteroatoms. The summed E-state index contributed by atoms with van der Waals surface area (Å²) < 4.78 is 21.6. The lowest BCUT2D eigenvalue weighted by Gasteiger charge is -2.14. The number of benzene rings is 2. The molecule has 1 heterocycles. The Labute approximate surface area is 200 Å². The van der Waals surface area contributed by atoms with Gasteiger partial charge < -0.3 is 35.1 Å². The third-order valence-electron chi connectivity index (χ3n) is 5.03. The van der Waals surface area contributed by atoms with Crippen LogP contribution in [0, 0.1) is 0 Å². The first-order chi connectivity index (χ1) is 16.7. The van der Waals surface area contributed by atoms with E-state index in [9.17, 15) is 19.2 Å². The van der Waals surface area contributed by atoms with Gasteiger partial charge in [-0.25, -0.2) is 4.79 Å². The molecule has 0 bridgehead atoms. The first-order valence-corrected chi connectivity index (χ1v) is 10.5. The molecule has 2 amide bonds. The molecule has 35 heavy (non-hydrogen) atoms. The molecule has 4 N–H and O–H groups in total. The minimum absolute atomic E-state index is 0.0980. The van der Waals surface area contributed by atoms with Gasteiger partial charge in [0, 0.05) is 12.5 Å². The minimum atomic E-state index is -1.29. The van der Waals surface area contributed by atoms with Gasteiger partial charge in [0.1, 0.15) is 17.5 Å². The fourth-order valence-electron chi connectivity index (χ4n) is 3.28. The summed E-state index contributed by atoms with van der Waals surface area (Å²) in [5.41, 5.74) is 6.01. The summed E-state index contributed by atoms with van der Waals surface area (Å²) in [6, 6.07) is 8.34. The lowest BCUT2D eigenvalue weighted by molar-refractivity contribution is -0.142. The molecule has 0 aromatic heterocycles. The van der Waals surface area contributed by atoms with Crippen LogP contribution < -0.4 is 30.0 Å². The Hall–Kier alpha value is -4.54. The van der Waals surface area contributed by atoms with Crippen molar-refractivity contribution in [3.05, 3.63) is 53.3 Å². The summed E-state index contributed by atoms with van der Waals surface area (Å²) in [7, 11) is 3.03. The maximum absolute atomic E-state index is 12.7. The lowest BCUT2D eigenvalue weighted by Crippen LogP contribution is -2.43. The van der Waals surface area contributed by atoms with Gasteiger partial charge in [0.05, 0.1) is 19.8 Å². The number of methoxy groups -OCH3 is 2. The Morgan fingerprint density at radius 3 is 2.51 bits per heavy atom. The summed E-state index contributed by atoms with van der Waals surface area (Å²) in [6.45, 7) is -0.485. The number of hydrogen-bond donors (Lipinski definition) is 3. The number of fused-ring (bicyclic) bond motifs is 1. The number of carbonyl (C=O) groups is 4. The van der Waals surface area contributed by atoms with Crippen molar-refractivity contribution in [2.45, 2.75) is 18.9 Å². The maximum Gasteiger partial charge on any atom is 0.326 e. The number of allylic oxidation sites excluding steroid dienone is 1. The van der Waals surface area contributed by atoms with E-state index in [-0.39, 0.29) is 35.9 Å². The molecule has 1 aliphatic rings. The highest BCUT2D eigenvalue weighted by Crippen LogP contribution is 2.36. The fraction of sp³-hybridized carbons (Fsp3) is 0.250. The largest absolute Gasteiger partial charge is 0.493 e. The van der Waals surface area contributed by atoms with Crippen molar-refractivity contribution in [1.82, 2.24) is 5.32 Å². The highest BCUT2D eigenvalue weighted by molar-refractivity contribution is 6.14. The van der Waals surface area contributed by atoms with Crippen molar-refractivity contribution in [3.63, 3.8) is 0 Å². The molecule has 0 saturated heterocycles. The van der Waals surface area contributed by atoms with Crippen molar-refractivity contribution in [1.29, 1.82) is 0 Å². The number of carboxylic acid groups (broad SMARTS) is 1. The van der Waals surface area contributed by atoms with E-state index in [1.807, 2.05) is 0 Å². The molecule has 0 spiro atoms. The zero-order valence-electron chi connectivity index (χ0n) is 19.0. The highest BCUT2D eigenvalue weighted by Gasteiger charge is 2.28. The summed E-state index contributed by atoms with van der Waals surface area (Å²) in [4.78, 5) is 46.9. The average molecular weight is 484 g/mol. The summed E-state index contributed by atoms with van der Waals surface area (Å²) in [5, 5.41) is 11.4. The zero-order chi connectivity index (χ0) is 25.5. The van der Waals surface area contributed by atoms with Crippen LogP contribution in [0.15, 0.2) is 42.2 Å². The molecule has 184 valence electrons. The van der Waals surface area contributed by atoms with E-state index in [1.54, 1.807) is 24.3 Å². The third-order valence-corrected chi connectivity index (χ3v) is 5.03. The number of Topliss-reactive ketones (excluding diaryl/α,β-unsaturated/α-hetero) is 1. The number of aliphatic carboxylic acids is 1. The Kier molecular flexibility index (Phi) is 7.92. The van der Waals surface area contributed by atoms with E-state index >= 15 is 0 Å². The Bertz CT molecular complexity index is 1190. The lowest BCUT2D eigenvalue weighted by atomic mass is 10.1. The van der Waals surface area contributed by atoms with E-state index < -0.39 is 30.4 Å². The van der Waals surface area contributed by atoms with E-state index in [0.717, 1.165) is 0 Å². The Morgan fingerprint density at radius 1 is 1.11 bits per heavy atom. The number of carboxylic acids is 1. The number of carbonyl (C=O) groups excluding carboxylic acids is 3. The fourth-order valence-corrected chi connectivity index (χ4v) is 3.28. The summed E-state index contributed by atoms with van der Waals surface area (Å²) >= 11 is 0. The SMILES string of the molecule is COc1ccc(C=C2Oc3cc(OCC(=O)N[C@@H](CCC(N)=O)C(=O)O)ccc3C2=O)cc1OC. The molecule has 0 fully saturated rings. The molecule has 0 radical (unpaired) electrons. The van der Waals surface area contributed by atoms with E-state index in [2.05, 4.69) is 5.32 Å². The van der Waals surface area contributed by atoms with E-state index in [1.165, 1.54) is 32.4 Å². The van der Waals surface area contributed by atoms with Crippen molar-refractivity contribution in [2.75, 3.05) is 20.8 Å². The van der Waals surface area contributed by atoms with Crippen LogP contribution in [0.3, 0.4) is 0 Å². The predicted molar refractivity (Wildman–Crippen MR) is 122 cm³/mol. The predicted octanol–water partition coefficient (Wildman–Crippen LogP) is 1.53. The molecule has 1 aliphatic heterocycles. The van der Waals surface area contributed by atoms with Gasteiger partial charge in [-0.05, 0) is 42.3 Å². The van der Waals surface area contributed by atoms with Crippen molar-refractivity contribution >= 4 is 29.6 Å². The molecular weight excluding hydrogens is 460 g/mol. The van der Waals surface area contributed by atoms with Crippen LogP contribution in [0.4, 0.5) is 0 Å². The van der Waals surface area contributed by atoms with E-state index in [4.69, 9.17) is 29.8 Å². The topological polar surface area (TPSA) is 163 Å². The third kappa shape index (κ3) is 6.28. The molecule has 2 aromatic rings. The molecule has 0 aliphatic carbocycles. The van der Waals surface area contributed by atoms with Crippen LogP contribution >= 0.6 is 0 Å². The standard InChI is InChI=1S/C24H24N2O9/c1-32-17-7-3-13(9-19(17)33-2)10-20-23(29)15-5-4-14(11-18(15)35-20)34-12-22(28)26-16(24(30)31)6-8-21(25)27/h3-5,7,9-11,16H,6,8,12H2,1-2H3,(H2,25,27)(H,26,28)(H,30,31)/t16-/m0/s1. The zero-order valence-corrected chi connectivity index (χ0v) is 19.0. The van der Waals surface area contributed by atoms with Crippen molar-refractivity contribution in [3.8, 4) is 23.0 Å².